The molecule has 1 aromatic heterocycles. The fourth-order valence-electron chi connectivity index (χ4n) is 1.99. The van der Waals surface area contributed by atoms with E-state index in [1.165, 1.54) is 22.8 Å². The molecule has 2 nitrogen and oxygen atoms in total. The lowest BCUT2D eigenvalue weighted by molar-refractivity contribution is 0.650. The number of rotatable bonds is 6. The normalized spacial score (nSPS) is 12.8. The molecule has 0 aliphatic carbocycles. The molecule has 0 aliphatic heterocycles. The van der Waals surface area contributed by atoms with Gasteiger partial charge in [0.05, 0.1) is 0 Å². The summed E-state index contributed by atoms with van der Waals surface area (Å²) in [6.45, 7) is 4.28. The zero-order valence-corrected chi connectivity index (χ0v) is 11.8. The molecule has 2 rings (SSSR count). The highest BCUT2D eigenvalue weighted by Gasteiger charge is 2.01. The van der Waals surface area contributed by atoms with E-state index in [-0.39, 0.29) is 0 Å². The van der Waals surface area contributed by atoms with Gasteiger partial charge in [0, 0.05) is 29.6 Å². The van der Waals surface area contributed by atoms with Crippen LogP contribution in [0.15, 0.2) is 36.7 Å². The van der Waals surface area contributed by atoms with Crippen molar-refractivity contribution in [2.45, 2.75) is 25.1 Å². The van der Waals surface area contributed by atoms with Gasteiger partial charge in [-0.15, -0.1) is 0 Å². The van der Waals surface area contributed by atoms with Crippen LogP contribution in [-0.4, -0.2) is 23.0 Å². The van der Waals surface area contributed by atoms with Gasteiger partial charge in [0.25, 0.3) is 0 Å². The first-order valence-electron chi connectivity index (χ1n) is 6.36. The number of nitrogens with zero attached hydrogens (tertiary/aromatic N) is 1. The molecule has 1 aromatic carbocycles. The second-order valence-corrected chi connectivity index (χ2v) is 5.80. The van der Waals surface area contributed by atoms with Gasteiger partial charge in [0.1, 0.15) is 0 Å². The summed E-state index contributed by atoms with van der Waals surface area (Å²) in [5.41, 5.74) is 1.35. The van der Waals surface area contributed by atoms with Crippen LogP contribution in [0.3, 0.4) is 0 Å². The summed E-state index contributed by atoms with van der Waals surface area (Å²) < 4.78 is 0. The van der Waals surface area contributed by atoms with Crippen molar-refractivity contribution in [2.24, 2.45) is 0 Å². The highest BCUT2D eigenvalue weighted by molar-refractivity contribution is 7.99. The molecule has 3 heteroatoms. The minimum atomic E-state index is 0.731. The number of fused-ring (bicyclic) bond motifs is 1. The maximum atomic E-state index is 4.16. The molecular weight excluding hydrogens is 240 g/mol. The van der Waals surface area contributed by atoms with Crippen LogP contribution in [0.4, 0.5) is 0 Å². The van der Waals surface area contributed by atoms with Crippen LogP contribution >= 0.6 is 11.8 Å². The Kier molecular flexibility index (Phi) is 5.02. The lowest BCUT2D eigenvalue weighted by Crippen LogP contribution is -2.17. The molecule has 0 saturated carbocycles. The zero-order valence-electron chi connectivity index (χ0n) is 11.0. The molecule has 1 unspecified atom stereocenters. The van der Waals surface area contributed by atoms with Gasteiger partial charge in [-0.3, -0.25) is 4.98 Å². The van der Waals surface area contributed by atoms with E-state index in [9.17, 15) is 0 Å². The maximum absolute atomic E-state index is 4.16. The summed E-state index contributed by atoms with van der Waals surface area (Å²) in [6, 6.07) is 8.50. The van der Waals surface area contributed by atoms with Crippen molar-refractivity contribution in [1.29, 1.82) is 0 Å². The summed E-state index contributed by atoms with van der Waals surface area (Å²) in [6.07, 6.45) is 7.17. The van der Waals surface area contributed by atoms with E-state index in [1.54, 1.807) is 0 Å². The Hall–Kier alpha value is -1.06. The fourth-order valence-corrected chi connectivity index (χ4v) is 2.34. The Balaban J connectivity index is 1.95. The summed E-state index contributed by atoms with van der Waals surface area (Å²) >= 11 is 1.93. The molecule has 0 amide bonds. The van der Waals surface area contributed by atoms with Crippen molar-refractivity contribution in [2.75, 3.05) is 12.8 Å². The van der Waals surface area contributed by atoms with Gasteiger partial charge < -0.3 is 5.32 Å². The van der Waals surface area contributed by atoms with Crippen molar-refractivity contribution in [1.82, 2.24) is 10.3 Å². The summed E-state index contributed by atoms with van der Waals surface area (Å²) in [4.78, 5) is 4.16. The third kappa shape index (κ3) is 3.47. The van der Waals surface area contributed by atoms with Crippen LogP contribution < -0.4 is 5.32 Å². The highest BCUT2D eigenvalue weighted by atomic mass is 32.2. The monoisotopic (exact) mass is 260 g/mol. The van der Waals surface area contributed by atoms with Crippen molar-refractivity contribution in [3.05, 3.63) is 42.2 Å². The van der Waals surface area contributed by atoms with Gasteiger partial charge in [-0.1, -0.05) is 25.1 Å². The number of pyridine rings is 1. The quantitative estimate of drug-likeness (QED) is 0.805. The third-order valence-corrected chi connectivity index (χ3v) is 4.26. The van der Waals surface area contributed by atoms with Crippen LogP contribution in [0.2, 0.25) is 0 Å². The Bertz CT molecular complexity index is 493. The summed E-state index contributed by atoms with van der Waals surface area (Å²) in [5.74, 6) is 0. The van der Waals surface area contributed by atoms with Crippen LogP contribution in [0.5, 0.6) is 0 Å². The van der Waals surface area contributed by atoms with Crippen molar-refractivity contribution in [3.63, 3.8) is 0 Å². The molecule has 0 saturated heterocycles. The van der Waals surface area contributed by atoms with Crippen molar-refractivity contribution < 1.29 is 0 Å². The number of benzene rings is 1. The van der Waals surface area contributed by atoms with E-state index in [2.05, 4.69) is 47.7 Å². The van der Waals surface area contributed by atoms with E-state index in [0.29, 0.717) is 0 Å². The predicted octanol–water partition coefficient (Wildman–Crippen LogP) is 3.47. The number of hydrogen-bond acceptors (Lipinski definition) is 3. The molecule has 1 heterocycles. The average molecular weight is 260 g/mol. The van der Waals surface area contributed by atoms with Crippen molar-refractivity contribution >= 4 is 22.5 Å². The molecule has 1 atom stereocenters. The fraction of sp³-hybridized carbons (Fsp3) is 0.400. The predicted molar refractivity (Wildman–Crippen MR) is 81.0 cm³/mol. The Morgan fingerprint density at radius 3 is 3.06 bits per heavy atom. The SMILES string of the molecule is CSC(C)CCNCc1cccc2cnccc12. The molecule has 0 aliphatic rings. The van der Waals surface area contributed by atoms with E-state index >= 15 is 0 Å². The van der Waals surface area contributed by atoms with Crippen molar-refractivity contribution in [3.8, 4) is 0 Å². The van der Waals surface area contributed by atoms with Gasteiger partial charge in [0.15, 0.2) is 0 Å². The standard InChI is InChI=1S/C15H20N2S/c1-12(18-2)6-8-16-10-13-4-3-5-14-11-17-9-7-15(13)14/h3-5,7,9,11-12,16H,6,8,10H2,1-2H3. The number of hydrogen-bond donors (Lipinski definition) is 1. The molecular formula is C15H20N2S. The van der Waals surface area contributed by atoms with Gasteiger partial charge in [0.2, 0.25) is 0 Å². The van der Waals surface area contributed by atoms with Gasteiger partial charge >= 0.3 is 0 Å². The van der Waals surface area contributed by atoms with Gasteiger partial charge in [-0.05, 0) is 36.2 Å². The topological polar surface area (TPSA) is 24.9 Å². The lowest BCUT2D eigenvalue weighted by atomic mass is 10.1. The first kappa shape index (κ1) is 13.4. The van der Waals surface area contributed by atoms with Gasteiger partial charge in [-0.2, -0.15) is 11.8 Å². The Morgan fingerprint density at radius 1 is 1.33 bits per heavy atom. The third-order valence-electron chi connectivity index (χ3n) is 3.22. The molecule has 2 aromatic rings. The molecule has 1 N–H and O–H groups in total. The molecule has 96 valence electrons. The summed E-state index contributed by atoms with van der Waals surface area (Å²) in [5, 5.41) is 6.78. The van der Waals surface area contributed by atoms with E-state index in [4.69, 9.17) is 0 Å². The largest absolute Gasteiger partial charge is 0.313 e. The average Bonchev–Trinajstić information content (AvgIpc) is 2.43. The highest BCUT2D eigenvalue weighted by Crippen LogP contribution is 2.17. The number of aromatic nitrogens is 1. The first-order valence-corrected chi connectivity index (χ1v) is 7.65. The summed E-state index contributed by atoms with van der Waals surface area (Å²) in [7, 11) is 0. The second-order valence-electron chi connectivity index (χ2n) is 4.53. The lowest BCUT2D eigenvalue weighted by Gasteiger charge is -2.10. The van der Waals surface area contributed by atoms with Crippen LogP contribution in [0.25, 0.3) is 10.8 Å². The van der Waals surface area contributed by atoms with E-state index in [0.717, 1.165) is 18.3 Å². The first-order chi connectivity index (χ1) is 8.81. The minimum absolute atomic E-state index is 0.731. The molecule has 0 spiro atoms. The van der Waals surface area contributed by atoms with Crippen LogP contribution in [0.1, 0.15) is 18.9 Å². The second kappa shape index (κ2) is 6.76. The Morgan fingerprint density at radius 2 is 2.22 bits per heavy atom. The van der Waals surface area contributed by atoms with Gasteiger partial charge in [-0.25, -0.2) is 0 Å². The maximum Gasteiger partial charge on any atom is 0.0346 e. The molecule has 0 radical (unpaired) electrons. The Labute approximate surface area is 113 Å². The van der Waals surface area contributed by atoms with E-state index < -0.39 is 0 Å². The zero-order chi connectivity index (χ0) is 12.8. The van der Waals surface area contributed by atoms with Crippen LogP contribution in [0, 0.1) is 0 Å². The minimum Gasteiger partial charge on any atom is -0.313 e. The molecule has 18 heavy (non-hydrogen) atoms. The van der Waals surface area contributed by atoms with E-state index in [1.807, 2.05) is 24.2 Å². The number of thioether (sulfide) groups is 1. The van der Waals surface area contributed by atoms with Crippen LogP contribution in [-0.2, 0) is 6.54 Å². The number of nitrogens with one attached hydrogen (secondary N) is 1. The molecule has 0 bridgehead atoms. The smallest absolute Gasteiger partial charge is 0.0346 e. The molecule has 0 fully saturated rings.